The minimum atomic E-state index is 0. The molecule has 5 nitrogen and oxygen atoms in total. The van der Waals surface area contributed by atoms with Crippen molar-refractivity contribution in [2.75, 3.05) is 32.1 Å². The lowest BCUT2D eigenvalue weighted by atomic mass is 10.2. The number of hydrogen-bond donors (Lipinski definition) is 1. The normalized spacial score (nSPS) is 21.4. The second-order valence-corrected chi connectivity index (χ2v) is 6.02. The number of aryl methyl sites for hydroxylation is 1. The molecule has 1 aromatic rings. The summed E-state index contributed by atoms with van der Waals surface area (Å²) in [5.41, 5.74) is 1.82. The van der Waals surface area contributed by atoms with Gasteiger partial charge < -0.3 is 27.2 Å². The Hall–Kier alpha value is -1.30. The van der Waals surface area contributed by atoms with Gasteiger partial charge in [0.1, 0.15) is 5.75 Å². The molecule has 1 aliphatic heterocycles. The van der Waals surface area contributed by atoms with Gasteiger partial charge in [-0.2, -0.15) is 0 Å². The maximum absolute atomic E-state index is 12.2. The molecular weight excluding hydrogens is 316 g/mol. The molecule has 1 amide bonds. The van der Waals surface area contributed by atoms with Crippen molar-refractivity contribution in [1.29, 1.82) is 0 Å². The van der Waals surface area contributed by atoms with Crippen molar-refractivity contribution in [1.82, 2.24) is 4.90 Å². The highest BCUT2D eigenvalue weighted by Crippen LogP contribution is 2.25. The van der Waals surface area contributed by atoms with Gasteiger partial charge in [-0.25, -0.2) is 0 Å². The summed E-state index contributed by atoms with van der Waals surface area (Å²) in [6.45, 7) is 8.64. The number of methoxy groups -OCH3 is 1. The van der Waals surface area contributed by atoms with Crippen LogP contribution in [0, 0.1) is 6.92 Å². The van der Waals surface area contributed by atoms with Crippen LogP contribution >= 0.6 is 0 Å². The molecule has 1 N–H and O–H groups in total. The molecule has 1 saturated heterocycles. The summed E-state index contributed by atoms with van der Waals surface area (Å²) in [6.07, 6.45) is 0.920. The van der Waals surface area contributed by atoms with Crippen LogP contribution in [0.25, 0.3) is 0 Å². The Bertz CT molecular complexity index is 515. The largest absolute Gasteiger partial charge is 1.00 e. The number of carbonyl (C=O) groups is 1. The third-order valence-corrected chi connectivity index (χ3v) is 3.78. The summed E-state index contributed by atoms with van der Waals surface area (Å²) in [4.78, 5) is 14.5. The van der Waals surface area contributed by atoms with Gasteiger partial charge in [0.25, 0.3) is 0 Å². The molecule has 0 radical (unpaired) electrons. The molecule has 2 unspecified atom stereocenters. The summed E-state index contributed by atoms with van der Waals surface area (Å²) in [7, 11) is 1.61. The molecule has 6 heteroatoms. The molecule has 2 rings (SSSR count). The topological polar surface area (TPSA) is 50.8 Å². The Balaban J connectivity index is 0.00000264. The van der Waals surface area contributed by atoms with Gasteiger partial charge in [-0.1, -0.05) is 6.07 Å². The zero-order valence-corrected chi connectivity index (χ0v) is 15.0. The number of anilines is 1. The molecule has 1 fully saturated rings. The molecule has 0 bridgehead atoms. The highest BCUT2D eigenvalue weighted by Gasteiger charge is 2.22. The highest BCUT2D eigenvalue weighted by atomic mass is 35.5. The van der Waals surface area contributed by atoms with Gasteiger partial charge in [0.05, 0.1) is 25.0 Å². The van der Waals surface area contributed by atoms with E-state index < -0.39 is 0 Å². The third kappa shape index (κ3) is 6.01. The number of benzene rings is 1. The maximum Gasteiger partial charge on any atom is 0.225 e. The van der Waals surface area contributed by atoms with Gasteiger partial charge >= 0.3 is 0 Å². The van der Waals surface area contributed by atoms with E-state index in [2.05, 4.69) is 24.1 Å². The van der Waals surface area contributed by atoms with Crippen molar-refractivity contribution in [2.45, 2.75) is 39.4 Å². The molecule has 1 aliphatic rings. The van der Waals surface area contributed by atoms with E-state index in [-0.39, 0.29) is 30.5 Å². The van der Waals surface area contributed by atoms with Crippen LogP contribution in [0.4, 0.5) is 5.69 Å². The van der Waals surface area contributed by atoms with Gasteiger partial charge in [-0.05, 0) is 38.5 Å². The van der Waals surface area contributed by atoms with Crippen LogP contribution in [-0.4, -0.2) is 49.8 Å². The fourth-order valence-electron chi connectivity index (χ4n) is 2.86. The molecule has 1 heterocycles. The molecule has 1 aromatic carbocycles. The van der Waals surface area contributed by atoms with E-state index in [1.807, 2.05) is 25.1 Å². The smallest absolute Gasteiger partial charge is 0.225 e. The van der Waals surface area contributed by atoms with E-state index in [0.717, 1.165) is 30.9 Å². The first kappa shape index (κ1) is 19.7. The minimum absolute atomic E-state index is 0. The summed E-state index contributed by atoms with van der Waals surface area (Å²) >= 11 is 0. The second-order valence-electron chi connectivity index (χ2n) is 6.02. The third-order valence-electron chi connectivity index (χ3n) is 3.78. The number of carbonyl (C=O) groups excluding carboxylic acids is 1. The Kier molecular flexibility index (Phi) is 7.82. The Morgan fingerprint density at radius 1 is 1.35 bits per heavy atom. The van der Waals surface area contributed by atoms with Crippen LogP contribution in [0.1, 0.15) is 25.8 Å². The summed E-state index contributed by atoms with van der Waals surface area (Å²) in [5, 5.41) is 2.94. The average molecular weight is 342 g/mol. The lowest BCUT2D eigenvalue weighted by Crippen LogP contribution is -3.00. The fraction of sp³-hybridized carbons (Fsp3) is 0.588. The molecule has 0 spiro atoms. The van der Waals surface area contributed by atoms with E-state index in [4.69, 9.17) is 9.47 Å². The van der Waals surface area contributed by atoms with E-state index in [1.54, 1.807) is 7.11 Å². The first-order chi connectivity index (χ1) is 10.5. The molecule has 23 heavy (non-hydrogen) atoms. The van der Waals surface area contributed by atoms with Gasteiger partial charge in [-0.15, -0.1) is 0 Å². The molecule has 2 atom stereocenters. The number of morpholine rings is 1. The van der Waals surface area contributed by atoms with Crippen molar-refractivity contribution in [3.8, 4) is 5.75 Å². The quantitative estimate of drug-likeness (QED) is 0.780. The lowest BCUT2D eigenvalue weighted by Gasteiger charge is -2.35. The van der Waals surface area contributed by atoms with Crippen molar-refractivity contribution in [3.05, 3.63) is 23.8 Å². The Morgan fingerprint density at radius 3 is 2.61 bits per heavy atom. The van der Waals surface area contributed by atoms with Crippen LogP contribution < -0.4 is 22.5 Å². The van der Waals surface area contributed by atoms with E-state index in [1.165, 1.54) is 0 Å². The zero-order chi connectivity index (χ0) is 16.1. The first-order valence-electron chi connectivity index (χ1n) is 7.80. The zero-order valence-electron chi connectivity index (χ0n) is 14.3. The Morgan fingerprint density at radius 2 is 2.00 bits per heavy atom. The molecule has 0 aromatic heterocycles. The molecule has 130 valence electrons. The number of halogens is 1. The maximum atomic E-state index is 12.2. The van der Waals surface area contributed by atoms with Crippen LogP contribution in [-0.2, 0) is 9.53 Å². The van der Waals surface area contributed by atoms with Crippen molar-refractivity contribution in [2.24, 2.45) is 0 Å². The van der Waals surface area contributed by atoms with Gasteiger partial charge in [0, 0.05) is 26.1 Å². The number of amides is 1. The van der Waals surface area contributed by atoms with Crippen molar-refractivity contribution in [3.63, 3.8) is 0 Å². The monoisotopic (exact) mass is 341 g/mol. The number of hydrogen-bond acceptors (Lipinski definition) is 4. The first-order valence-corrected chi connectivity index (χ1v) is 7.80. The predicted octanol–water partition coefficient (Wildman–Crippen LogP) is -0.555. The minimum Gasteiger partial charge on any atom is -1.00 e. The SMILES string of the molecule is COc1ccc(C)cc1NC(=O)CCN1CC(C)OC(C)C1.[Cl-]. The van der Waals surface area contributed by atoms with Gasteiger partial charge in [0.2, 0.25) is 5.91 Å². The number of rotatable bonds is 5. The number of nitrogens with one attached hydrogen (secondary N) is 1. The average Bonchev–Trinajstić information content (AvgIpc) is 2.44. The lowest BCUT2D eigenvalue weighted by molar-refractivity contribution is -0.117. The van der Waals surface area contributed by atoms with Gasteiger partial charge in [-0.3, -0.25) is 9.69 Å². The van der Waals surface area contributed by atoms with Crippen molar-refractivity contribution >= 4 is 11.6 Å². The summed E-state index contributed by atoms with van der Waals surface area (Å²) in [5.74, 6) is 0.697. The predicted molar refractivity (Wildman–Crippen MR) is 87.4 cm³/mol. The molecule has 0 aliphatic carbocycles. The Labute approximate surface area is 144 Å². The highest BCUT2D eigenvalue weighted by molar-refractivity contribution is 5.92. The van der Waals surface area contributed by atoms with Crippen LogP contribution in [0.3, 0.4) is 0 Å². The van der Waals surface area contributed by atoms with Crippen LogP contribution in [0.5, 0.6) is 5.75 Å². The van der Waals surface area contributed by atoms with E-state index >= 15 is 0 Å². The van der Waals surface area contributed by atoms with E-state index in [9.17, 15) is 4.79 Å². The van der Waals surface area contributed by atoms with Gasteiger partial charge in [0.15, 0.2) is 0 Å². The number of nitrogens with zero attached hydrogens (tertiary/aromatic N) is 1. The van der Waals surface area contributed by atoms with E-state index in [0.29, 0.717) is 12.2 Å². The summed E-state index contributed by atoms with van der Waals surface area (Å²) in [6, 6.07) is 5.76. The number of ether oxygens (including phenoxy) is 2. The fourth-order valence-corrected chi connectivity index (χ4v) is 2.86. The standard InChI is InChI=1S/C17H26N2O3.ClH/c1-12-5-6-16(21-4)15(9-12)18-17(20)7-8-19-10-13(2)22-14(3)11-19;/h5-6,9,13-14H,7-8,10-11H2,1-4H3,(H,18,20);1H/p-1. The van der Waals surface area contributed by atoms with Crippen molar-refractivity contribution < 1.29 is 26.7 Å². The molecular formula is C17H26ClN2O3-. The van der Waals surface area contributed by atoms with Crippen LogP contribution in [0.15, 0.2) is 18.2 Å². The molecule has 0 saturated carbocycles. The van der Waals surface area contributed by atoms with Crippen LogP contribution in [0.2, 0.25) is 0 Å². The summed E-state index contributed by atoms with van der Waals surface area (Å²) < 4.78 is 11.0. The second kappa shape index (κ2) is 9.11.